The molecule has 138 valence electrons. The molecule has 2 rings (SSSR count). The molecule has 0 bridgehead atoms. The van der Waals surface area contributed by atoms with E-state index in [1.165, 1.54) is 0 Å². The van der Waals surface area contributed by atoms with Gasteiger partial charge in [-0.15, -0.1) is 0 Å². The van der Waals surface area contributed by atoms with E-state index in [1.54, 1.807) is 31.2 Å². The summed E-state index contributed by atoms with van der Waals surface area (Å²) in [4.78, 5) is 24.3. The predicted octanol–water partition coefficient (Wildman–Crippen LogP) is 3.56. The van der Waals surface area contributed by atoms with Crippen molar-refractivity contribution in [2.45, 2.75) is 40.3 Å². The number of carbonyl (C=O) groups excluding carboxylic acids is 2. The first-order chi connectivity index (χ1) is 12.4. The number of nitrogens with one attached hydrogen (secondary N) is 1. The second-order valence-electron chi connectivity index (χ2n) is 6.16. The van der Waals surface area contributed by atoms with Crippen LogP contribution in [0.5, 0.6) is 5.75 Å². The van der Waals surface area contributed by atoms with Crippen molar-refractivity contribution in [1.29, 1.82) is 0 Å². The lowest BCUT2D eigenvalue weighted by Gasteiger charge is -2.15. The molecule has 1 atom stereocenters. The number of hydrogen-bond donors (Lipinski definition) is 1. The van der Waals surface area contributed by atoms with Gasteiger partial charge in [-0.2, -0.15) is 0 Å². The molecule has 0 aromatic heterocycles. The van der Waals surface area contributed by atoms with Gasteiger partial charge in [0.2, 0.25) is 0 Å². The fourth-order valence-electron chi connectivity index (χ4n) is 2.70. The minimum absolute atomic E-state index is 0.151. The standard InChI is InChI=1S/C21H25NO4/c1-5-25-19-14(2)11-17(12-15(19)3)13-26-21(24)16(4)22-20(23)18-9-7-6-8-10-18/h6-12,16H,5,13H2,1-4H3,(H,22,23). The van der Waals surface area contributed by atoms with Crippen molar-refractivity contribution >= 4 is 11.9 Å². The number of benzene rings is 2. The number of aryl methyl sites for hydroxylation is 2. The second-order valence-corrected chi connectivity index (χ2v) is 6.16. The SMILES string of the molecule is CCOc1c(C)cc(COC(=O)C(C)NC(=O)c2ccccc2)cc1C. The van der Waals surface area contributed by atoms with Crippen LogP contribution in [0.1, 0.15) is 40.9 Å². The Balaban J connectivity index is 1.92. The number of ether oxygens (including phenoxy) is 2. The molecule has 1 N–H and O–H groups in total. The van der Waals surface area contributed by atoms with Gasteiger partial charge in [0.15, 0.2) is 0 Å². The molecule has 0 fully saturated rings. The third-order valence-electron chi connectivity index (χ3n) is 3.93. The molecule has 1 unspecified atom stereocenters. The molecular formula is C21H25NO4. The van der Waals surface area contributed by atoms with Gasteiger partial charge < -0.3 is 14.8 Å². The van der Waals surface area contributed by atoms with E-state index in [-0.39, 0.29) is 12.5 Å². The molecule has 0 heterocycles. The maximum atomic E-state index is 12.2. The smallest absolute Gasteiger partial charge is 0.328 e. The number of rotatable bonds is 7. The number of amides is 1. The zero-order chi connectivity index (χ0) is 19.1. The summed E-state index contributed by atoms with van der Waals surface area (Å²) in [5, 5.41) is 2.65. The lowest BCUT2D eigenvalue weighted by atomic mass is 10.1. The minimum atomic E-state index is -0.729. The van der Waals surface area contributed by atoms with Crippen LogP contribution in [0.2, 0.25) is 0 Å². The first kappa shape index (κ1) is 19.5. The molecule has 5 heteroatoms. The monoisotopic (exact) mass is 355 g/mol. The van der Waals surface area contributed by atoms with Crippen molar-refractivity contribution in [1.82, 2.24) is 5.32 Å². The van der Waals surface area contributed by atoms with E-state index in [1.807, 2.05) is 39.0 Å². The maximum absolute atomic E-state index is 12.2. The Labute approximate surface area is 154 Å². The minimum Gasteiger partial charge on any atom is -0.493 e. The van der Waals surface area contributed by atoms with Crippen LogP contribution in [0, 0.1) is 13.8 Å². The fraction of sp³-hybridized carbons (Fsp3) is 0.333. The van der Waals surface area contributed by atoms with Crippen LogP contribution in [0.4, 0.5) is 0 Å². The second kappa shape index (κ2) is 9.04. The lowest BCUT2D eigenvalue weighted by molar-refractivity contribution is -0.146. The van der Waals surface area contributed by atoms with E-state index in [9.17, 15) is 9.59 Å². The van der Waals surface area contributed by atoms with Crippen molar-refractivity contribution in [3.05, 3.63) is 64.7 Å². The molecule has 0 aliphatic carbocycles. The highest BCUT2D eigenvalue weighted by Gasteiger charge is 2.18. The predicted molar refractivity (Wildman–Crippen MR) is 100 cm³/mol. The first-order valence-electron chi connectivity index (χ1n) is 8.67. The molecule has 0 aliphatic rings. The van der Waals surface area contributed by atoms with Gasteiger partial charge in [-0.05, 0) is 68.7 Å². The zero-order valence-corrected chi connectivity index (χ0v) is 15.7. The van der Waals surface area contributed by atoms with Gasteiger partial charge >= 0.3 is 5.97 Å². The average Bonchev–Trinajstić information content (AvgIpc) is 2.63. The van der Waals surface area contributed by atoms with Crippen LogP contribution in [0.25, 0.3) is 0 Å². The first-order valence-corrected chi connectivity index (χ1v) is 8.67. The quantitative estimate of drug-likeness (QED) is 0.771. The van der Waals surface area contributed by atoms with Gasteiger partial charge in [0, 0.05) is 5.56 Å². The number of hydrogen-bond acceptors (Lipinski definition) is 4. The molecule has 0 spiro atoms. The van der Waals surface area contributed by atoms with Gasteiger partial charge in [0.1, 0.15) is 18.4 Å². The summed E-state index contributed by atoms with van der Waals surface area (Å²) in [6, 6.07) is 11.9. The van der Waals surface area contributed by atoms with Crippen LogP contribution < -0.4 is 10.1 Å². The molecule has 0 radical (unpaired) electrons. The van der Waals surface area contributed by atoms with Gasteiger partial charge in [0.25, 0.3) is 5.91 Å². The van der Waals surface area contributed by atoms with Crippen LogP contribution in [-0.2, 0) is 16.1 Å². The lowest BCUT2D eigenvalue weighted by Crippen LogP contribution is -2.39. The summed E-state index contributed by atoms with van der Waals surface area (Å²) >= 11 is 0. The third kappa shape index (κ3) is 5.09. The fourth-order valence-corrected chi connectivity index (χ4v) is 2.70. The summed E-state index contributed by atoms with van der Waals surface area (Å²) in [6.07, 6.45) is 0. The average molecular weight is 355 g/mol. The van der Waals surface area contributed by atoms with E-state index in [2.05, 4.69) is 5.32 Å². The summed E-state index contributed by atoms with van der Waals surface area (Å²) < 4.78 is 11.0. The Morgan fingerprint density at radius 3 is 2.27 bits per heavy atom. The maximum Gasteiger partial charge on any atom is 0.328 e. The highest BCUT2D eigenvalue weighted by Crippen LogP contribution is 2.25. The van der Waals surface area contributed by atoms with Crippen molar-refractivity contribution in [3.63, 3.8) is 0 Å². The molecular weight excluding hydrogens is 330 g/mol. The van der Waals surface area contributed by atoms with Gasteiger partial charge in [0.05, 0.1) is 6.61 Å². The van der Waals surface area contributed by atoms with Crippen LogP contribution >= 0.6 is 0 Å². The molecule has 26 heavy (non-hydrogen) atoms. The normalized spacial score (nSPS) is 11.5. The van der Waals surface area contributed by atoms with E-state index >= 15 is 0 Å². The zero-order valence-electron chi connectivity index (χ0n) is 15.7. The molecule has 0 saturated carbocycles. The van der Waals surface area contributed by atoms with Crippen molar-refractivity contribution in [2.24, 2.45) is 0 Å². The largest absolute Gasteiger partial charge is 0.493 e. The van der Waals surface area contributed by atoms with E-state index in [0.717, 1.165) is 22.4 Å². The third-order valence-corrected chi connectivity index (χ3v) is 3.93. The van der Waals surface area contributed by atoms with Gasteiger partial charge in [-0.1, -0.05) is 18.2 Å². The van der Waals surface area contributed by atoms with Crippen molar-refractivity contribution < 1.29 is 19.1 Å². The van der Waals surface area contributed by atoms with E-state index in [0.29, 0.717) is 12.2 Å². The van der Waals surface area contributed by atoms with Crippen molar-refractivity contribution in [3.8, 4) is 5.75 Å². The molecule has 2 aromatic rings. The topological polar surface area (TPSA) is 64.6 Å². The Hall–Kier alpha value is -2.82. The molecule has 1 amide bonds. The number of esters is 1. The summed E-state index contributed by atoms with van der Waals surface area (Å²) in [5.41, 5.74) is 3.40. The Kier molecular flexibility index (Phi) is 6.78. The van der Waals surface area contributed by atoms with E-state index in [4.69, 9.17) is 9.47 Å². The number of carbonyl (C=O) groups is 2. The Bertz CT molecular complexity index is 748. The molecule has 2 aromatic carbocycles. The highest BCUT2D eigenvalue weighted by molar-refractivity contribution is 5.96. The van der Waals surface area contributed by atoms with Crippen LogP contribution in [-0.4, -0.2) is 24.5 Å². The van der Waals surface area contributed by atoms with Gasteiger partial charge in [-0.3, -0.25) is 4.79 Å². The summed E-state index contributed by atoms with van der Waals surface area (Å²) in [6.45, 7) is 8.24. The highest BCUT2D eigenvalue weighted by atomic mass is 16.5. The van der Waals surface area contributed by atoms with E-state index < -0.39 is 12.0 Å². The van der Waals surface area contributed by atoms with Crippen LogP contribution in [0.15, 0.2) is 42.5 Å². The summed E-state index contributed by atoms with van der Waals surface area (Å²) in [5.74, 6) is 0.0901. The van der Waals surface area contributed by atoms with Crippen LogP contribution in [0.3, 0.4) is 0 Å². The van der Waals surface area contributed by atoms with Crippen molar-refractivity contribution in [2.75, 3.05) is 6.61 Å². The Morgan fingerprint density at radius 2 is 1.69 bits per heavy atom. The molecule has 0 aliphatic heterocycles. The Morgan fingerprint density at radius 1 is 1.08 bits per heavy atom. The van der Waals surface area contributed by atoms with Gasteiger partial charge in [-0.25, -0.2) is 4.79 Å². The molecule has 0 saturated heterocycles. The molecule has 5 nitrogen and oxygen atoms in total. The summed E-state index contributed by atoms with van der Waals surface area (Å²) in [7, 11) is 0.